The second-order valence-electron chi connectivity index (χ2n) is 6.92. The van der Waals surface area contributed by atoms with Crippen LogP contribution in [0.3, 0.4) is 0 Å². The largest absolute Gasteiger partial charge is 0.495 e. The first-order valence-corrected chi connectivity index (χ1v) is 9.39. The van der Waals surface area contributed by atoms with E-state index in [4.69, 9.17) is 4.74 Å². The summed E-state index contributed by atoms with van der Waals surface area (Å²) in [6, 6.07) is 15.6. The quantitative estimate of drug-likeness (QED) is 0.658. The maximum Gasteiger partial charge on any atom is 0.257 e. The molecule has 0 atom stereocenters. The normalized spacial score (nSPS) is 10.4. The number of ether oxygens (including phenoxy) is 1. The van der Waals surface area contributed by atoms with Crippen LogP contribution >= 0.6 is 0 Å². The molecule has 7 heteroatoms. The van der Waals surface area contributed by atoms with Crippen LogP contribution in [0.15, 0.2) is 65.6 Å². The number of nitrogens with one attached hydrogen (secondary N) is 2. The summed E-state index contributed by atoms with van der Waals surface area (Å²) in [6.07, 6.45) is 1.53. The van der Waals surface area contributed by atoms with Gasteiger partial charge >= 0.3 is 0 Å². The van der Waals surface area contributed by atoms with Gasteiger partial charge in [0.15, 0.2) is 0 Å². The van der Waals surface area contributed by atoms with Gasteiger partial charge in [0.25, 0.3) is 11.5 Å². The average molecular weight is 405 g/mol. The van der Waals surface area contributed by atoms with Crippen molar-refractivity contribution in [3.05, 3.63) is 87.8 Å². The van der Waals surface area contributed by atoms with Gasteiger partial charge in [-0.05, 0) is 36.8 Å². The first-order chi connectivity index (χ1) is 14.4. The number of rotatable bonds is 6. The fourth-order valence-electron chi connectivity index (χ4n) is 2.96. The maximum absolute atomic E-state index is 12.8. The van der Waals surface area contributed by atoms with Crippen LogP contribution in [0.2, 0.25) is 0 Å². The molecule has 2 aromatic carbocycles. The summed E-state index contributed by atoms with van der Waals surface area (Å²) in [6.45, 7) is 3.76. The van der Waals surface area contributed by atoms with Gasteiger partial charge < -0.3 is 19.9 Å². The monoisotopic (exact) mass is 405 g/mol. The zero-order valence-electron chi connectivity index (χ0n) is 17.1. The molecule has 3 rings (SSSR count). The number of hydrogen-bond acceptors (Lipinski definition) is 4. The molecule has 0 unspecified atom stereocenters. The lowest BCUT2D eigenvalue weighted by atomic mass is 10.1. The third-order valence-corrected chi connectivity index (χ3v) is 4.49. The molecule has 30 heavy (non-hydrogen) atoms. The van der Waals surface area contributed by atoms with Gasteiger partial charge in [0, 0.05) is 24.9 Å². The first kappa shape index (κ1) is 20.9. The molecule has 7 nitrogen and oxygen atoms in total. The molecule has 0 aliphatic rings. The molecule has 0 saturated carbocycles. The summed E-state index contributed by atoms with van der Waals surface area (Å²) in [7, 11) is 1.49. The van der Waals surface area contributed by atoms with Gasteiger partial charge in [0.2, 0.25) is 5.91 Å². The Kier molecular flexibility index (Phi) is 6.32. The summed E-state index contributed by atoms with van der Waals surface area (Å²) >= 11 is 0. The van der Waals surface area contributed by atoms with E-state index in [2.05, 4.69) is 10.6 Å². The van der Waals surface area contributed by atoms with E-state index in [1.54, 1.807) is 18.2 Å². The second kappa shape index (κ2) is 9.09. The molecule has 2 amide bonds. The van der Waals surface area contributed by atoms with Gasteiger partial charge in [0.1, 0.15) is 5.75 Å². The Bertz CT molecular complexity index is 1130. The Hall–Kier alpha value is -3.87. The van der Waals surface area contributed by atoms with Crippen molar-refractivity contribution in [3.63, 3.8) is 0 Å². The summed E-state index contributed by atoms with van der Waals surface area (Å²) < 4.78 is 6.78. The maximum atomic E-state index is 12.8. The van der Waals surface area contributed by atoms with E-state index in [0.29, 0.717) is 29.2 Å². The number of aromatic nitrogens is 1. The van der Waals surface area contributed by atoms with Crippen LogP contribution in [0, 0.1) is 6.92 Å². The lowest BCUT2D eigenvalue weighted by molar-refractivity contribution is -0.114. The highest BCUT2D eigenvalue weighted by Gasteiger charge is 2.13. The van der Waals surface area contributed by atoms with E-state index in [9.17, 15) is 14.4 Å². The molecule has 0 radical (unpaired) electrons. The van der Waals surface area contributed by atoms with Crippen LogP contribution in [0.5, 0.6) is 5.75 Å². The van der Waals surface area contributed by atoms with Crippen molar-refractivity contribution < 1.29 is 14.3 Å². The third-order valence-electron chi connectivity index (χ3n) is 4.49. The van der Waals surface area contributed by atoms with Crippen molar-refractivity contribution in [2.45, 2.75) is 20.4 Å². The van der Waals surface area contributed by atoms with E-state index in [-0.39, 0.29) is 11.5 Å². The minimum atomic E-state index is -0.397. The number of amides is 2. The van der Waals surface area contributed by atoms with Crippen LogP contribution in [0.4, 0.5) is 11.4 Å². The van der Waals surface area contributed by atoms with Crippen molar-refractivity contribution in [1.82, 2.24) is 4.57 Å². The Morgan fingerprint density at radius 1 is 1.00 bits per heavy atom. The standard InChI is InChI=1S/C23H23N3O4/c1-15-4-6-17(7-5-15)13-26-14-18(8-11-22(26)28)23(29)25-20-12-19(24-16(2)27)9-10-21(20)30-3/h4-12,14H,13H2,1-3H3,(H,24,27)(H,25,29). The van der Waals surface area contributed by atoms with Crippen LogP contribution in [0.25, 0.3) is 0 Å². The molecule has 0 saturated heterocycles. The minimum absolute atomic E-state index is 0.197. The number of methoxy groups -OCH3 is 1. The summed E-state index contributed by atoms with van der Waals surface area (Å²) in [5.74, 6) is -0.169. The molecule has 0 aliphatic carbocycles. The highest BCUT2D eigenvalue weighted by molar-refractivity contribution is 6.05. The number of nitrogens with zero attached hydrogens (tertiary/aromatic N) is 1. The van der Waals surface area contributed by atoms with Gasteiger partial charge in [-0.3, -0.25) is 14.4 Å². The molecular formula is C23H23N3O4. The Balaban J connectivity index is 1.84. The van der Waals surface area contributed by atoms with Crippen molar-refractivity contribution in [1.29, 1.82) is 0 Å². The predicted octanol–water partition coefficient (Wildman–Crippen LogP) is 3.42. The number of anilines is 2. The lowest BCUT2D eigenvalue weighted by Crippen LogP contribution is -2.22. The second-order valence-corrected chi connectivity index (χ2v) is 6.92. The molecule has 0 bridgehead atoms. The summed E-state index contributed by atoms with van der Waals surface area (Å²) in [5.41, 5.74) is 3.17. The van der Waals surface area contributed by atoms with Crippen LogP contribution in [-0.2, 0) is 11.3 Å². The van der Waals surface area contributed by atoms with E-state index in [1.807, 2.05) is 31.2 Å². The number of benzene rings is 2. The average Bonchev–Trinajstić information content (AvgIpc) is 2.71. The van der Waals surface area contributed by atoms with Crippen molar-refractivity contribution in [2.24, 2.45) is 0 Å². The molecule has 0 aliphatic heterocycles. The lowest BCUT2D eigenvalue weighted by Gasteiger charge is -2.13. The van der Waals surface area contributed by atoms with E-state index >= 15 is 0 Å². The van der Waals surface area contributed by atoms with Gasteiger partial charge in [-0.1, -0.05) is 29.8 Å². The fraction of sp³-hybridized carbons (Fsp3) is 0.174. The Labute approximate surface area is 174 Å². The van der Waals surface area contributed by atoms with Crippen LogP contribution < -0.4 is 20.9 Å². The molecule has 1 aromatic heterocycles. The highest BCUT2D eigenvalue weighted by Crippen LogP contribution is 2.28. The topological polar surface area (TPSA) is 89.4 Å². The zero-order chi connectivity index (χ0) is 21.7. The molecular weight excluding hydrogens is 382 g/mol. The smallest absolute Gasteiger partial charge is 0.257 e. The molecule has 2 N–H and O–H groups in total. The minimum Gasteiger partial charge on any atom is -0.495 e. The highest BCUT2D eigenvalue weighted by atomic mass is 16.5. The summed E-state index contributed by atoms with van der Waals surface area (Å²) in [5, 5.41) is 5.44. The number of pyridine rings is 1. The van der Waals surface area contributed by atoms with Gasteiger partial charge in [0.05, 0.1) is 24.9 Å². The Morgan fingerprint density at radius 2 is 1.73 bits per heavy atom. The van der Waals surface area contributed by atoms with Crippen LogP contribution in [0.1, 0.15) is 28.4 Å². The molecule has 0 fully saturated rings. The predicted molar refractivity (Wildman–Crippen MR) is 116 cm³/mol. The number of hydrogen-bond donors (Lipinski definition) is 2. The van der Waals surface area contributed by atoms with E-state index in [1.165, 1.54) is 36.9 Å². The van der Waals surface area contributed by atoms with Gasteiger partial charge in [-0.15, -0.1) is 0 Å². The van der Waals surface area contributed by atoms with Crippen molar-refractivity contribution in [2.75, 3.05) is 17.7 Å². The summed E-state index contributed by atoms with van der Waals surface area (Å²) in [4.78, 5) is 36.3. The van der Waals surface area contributed by atoms with Crippen molar-refractivity contribution >= 4 is 23.2 Å². The van der Waals surface area contributed by atoms with Gasteiger partial charge in [-0.25, -0.2) is 0 Å². The SMILES string of the molecule is COc1ccc(NC(C)=O)cc1NC(=O)c1ccc(=O)n(Cc2ccc(C)cc2)c1. The number of aryl methyl sites for hydroxylation is 1. The van der Waals surface area contributed by atoms with E-state index in [0.717, 1.165) is 11.1 Å². The third kappa shape index (κ3) is 5.14. The molecule has 3 aromatic rings. The van der Waals surface area contributed by atoms with E-state index < -0.39 is 5.91 Å². The molecule has 154 valence electrons. The van der Waals surface area contributed by atoms with Crippen LogP contribution in [-0.4, -0.2) is 23.5 Å². The molecule has 1 heterocycles. The molecule has 0 spiro atoms. The zero-order valence-corrected chi connectivity index (χ0v) is 17.1. The number of carbonyl (C=O) groups is 2. The first-order valence-electron chi connectivity index (χ1n) is 9.39. The fourth-order valence-corrected chi connectivity index (χ4v) is 2.96. The van der Waals surface area contributed by atoms with Crippen molar-refractivity contribution in [3.8, 4) is 5.75 Å². The Morgan fingerprint density at radius 3 is 2.40 bits per heavy atom. The van der Waals surface area contributed by atoms with Gasteiger partial charge in [-0.2, -0.15) is 0 Å². The number of carbonyl (C=O) groups excluding carboxylic acids is 2.